The second-order valence-electron chi connectivity index (χ2n) is 5.96. The summed E-state index contributed by atoms with van der Waals surface area (Å²) < 4.78 is 13.1. The fraction of sp³-hybridized carbons (Fsp3) is 0.100. The van der Waals surface area contributed by atoms with E-state index < -0.39 is 5.63 Å². The lowest BCUT2D eigenvalue weighted by Gasteiger charge is -2.06. The molecule has 0 spiro atoms. The van der Waals surface area contributed by atoms with Gasteiger partial charge < -0.3 is 14.1 Å². The molecule has 0 radical (unpaired) electrons. The van der Waals surface area contributed by atoms with E-state index in [0.717, 1.165) is 16.6 Å². The maximum Gasteiger partial charge on any atom is 0.345 e. The van der Waals surface area contributed by atoms with Gasteiger partial charge >= 0.3 is 5.63 Å². The molecule has 6 heteroatoms. The number of nitrogens with one attached hydrogen (secondary N) is 1. The van der Waals surface area contributed by atoms with E-state index in [1.54, 1.807) is 19.2 Å². The maximum atomic E-state index is 12.5. The van der Waals surface area contributed by atoms with Crippen LogP contribution in [0.2, 0.25) is 0 Å². The summed E-state index contributed by atoms with van der Waals surface area (Å²) in [5.41, 5.74) is 3.06. The van der Waals surface area contributed by atoms with Gasteiger partial charge in [0.25, 0.3) is 0 Å². The van der Waals surface area contributed by atoms with Gasteiger partial charge in [-0.1, -0.05) is 30.3 Å². The first kappa shape index (κ1) is 16.4. The number of rotatable bonds is 3. The minimum atomic E-state index is -0.449. The van der Waals surface area contributed by atoms with Gasteiger partial charge in [-0.15, -0.1) is 0 Å². The number of H-pyrrole nitrogens is 1. The Bertz CT molecular complexity index is 1230. The number of imidazole rings is 1. The molecule has 0 saturated heterocycles. The number of fused-ring (bicyclic) bond motifs is 1. The molecule has 0 aliphatic heterocycles. The third-order valence-corrected chi connectivity index (χ3v) is 4.63. The van der Waals surface area contributed by atoms with Crippen LogP contribution in [0.4, 0.5) is 0 Å². The third-order valence-electron chi connectivity index (χ3n) is 4.33. The standard InChI is InChI=1S/C20H16N2O3S/c1-12-6-3-4-8-16(12)22-11-15(21-20(22)26)14-10-13-7-5-9-17(24-2)18(13)25-19(14)23/h3-11H,1-2H3,(H,21,26). The Morgan fingerprint density at radius 2 is 1.96 bits per heavy atom. The zero-order valence-electron chi connectivity index (χ0n) is 14.3. The molecule has 0 aliphatic rings. The van der Waals surface area contributed by atoms with E-state index in [9.17, 15) is 4.79 Å². The number of hydrogen-bond acceptors (Lipinski definition) is 4. The van der Waals surface area contributed by atoms with Gasteiger partial charge in [-0.2, -0.15) is 0 Å². The molecule has 0 bridgehead atoms. The number of benzene rings is 2. The van der Waals surface area contributed by atoms with Gasteiger partial charge in [0, 0.05) is 11.6 Å². The number of methoxy groups -OCH3 is 1. The summed E-state index contributed by atoms with van der Waals surface area (Å²) >= 11 is 5.45. The summed E-state index contributed by atoms with van der Waals surface area (Å²) in [6.45, 7) is 2.01. The Kier molecular flexibility index (Phi) is 3.97. The quantitative estimate of drug-likeness (QED) is 0.425. The zero-order valence-corrected chi connectivity index (χ0v) is 15.1. The van der Waals surface area contributed by atoms with Gasteiger partial charge in [-0.3, -0.25) is 4.57 Å². The zero-order chi connectivity index (χ0) is 18.3. The van der Waals surface area contributed by atoms with E-state index in [0.29, 0.717) is 27.4 Å². The highest BCUT2D eigenvalue weighted by Gasteiger charge is 2.14. The summed E-state index contributed by atoms with van der Waals surface area (Å²) in [5, 5.41) is 0.780. The summed E-state index contributed by atoms with van der Waals surface area (Å²) in [4.78, 5) is 15.6. The van der Waals surface area contributed by atoms with Crippen LogP contribution in [0, 0.1) is 11.7 Å². The molecule has 2 aromatic carbocycles. The maximum absolute atomic E-state index is 12.5. The van der Waals surface area contributed by atoms with Crippen molar-refractivity contribution in [3.8, 4) is 22.7 Å². The number of ether oxygens (including phenoxy) is 1. The molecule has 26 heavy (non-hydrogen) atoms. The van der Waals surface area contributed by atoms with Gasteiger partial charge in [-0.05, 0) is 42.9 Å². The minimum absolute atomic E-state index is 0.421. The molecule has 0 amide bonds. The first-order valence-corrected chi connectivity index (χ1v) is 8.48. The van der Waals surface area contributed by atoms with E-state index in [-0.39, 0.29) is 0 Å². The van der Waals surface area contributed by atoms with Gasteiger partial charge in [0.1, 0.15) is 0 Å². The normalized spacial score (nSPS) is 11.0. The molecule has 4 rings (SSSR count). The Balaban J connectivity index is 1.91. The molecule has 0 aliphatic carbocycles. The van der Waals surface area contributed by atoms with Gasteiger partial charge in [0.2, 0.25) is 0 Å². The van der Waals surface area contributed by atoms with Crippen LogP contribution in [-0.4, -0.2) is 16.7 Å². The van der Waals surface area contributed by atoms with Crippen LogP contribution in [-0.2, 0) is 0 Å². The number of aromatic amines is 1. The molecule has 0 atom stereocenters. The highest BCUT2D eigenvalue weighted by molar-refractivity contribution is 7.71. The Labute approximate surface area is 154 Å². The summed E-state index contributed by atoms with van der Waals surface area (Å²) in [6, 6.07) is 15.2. The summed E-state index contributed by atoms with van der Waals surface area (Å²) in [6.07, 6.45) is 1.82. The van der Waals surface area contributed by atoms with Crippen LogP contribution in [0.5, 0.6) is 5.75 Å². The predicted molar refractivity (Wildman–Crippen MR) is 104 cm³/mol. The minimum Gasteiger partial charge on any atom is -0.493 e. The van der Waals surface area contributed by atoms with E-state index in [1.165, 1.54) is 0 Å². The van der Waals surface area contributed by atoms with Crippen LogP contribution < -0.4 is 10.4 Å². The first-order chi connectivity index (χ1) is 12.6. The highest BCUT2D eigenvalue weighted by Crippen LogP contribution is 2.27. The topological polar surface area (TPSA) is 60.2 Å². The second kappa shape index (κ2) is 6.31. The average molecular weight is 364 g/mol. The molecule has 1 N–H and O–H groups in total. The van der Waals surface area contributed by atoms with Crippen LogP contribution >= 0.6 is 12.2 Å². The lowest BCUT2D eigenvalue weighted by Crippen LogP contribution is -2.03. The summed E-state index contributed by atoms with van der Waals surface area (Å²) in [7, 11) is 1.54. The molecule has 0 unspecified atom stereocenters. The molecule has 0 fully saturated rings. The van der Waals surface area contributed by atoms with E-state index in [1.807, 2.05) is 54.1 Å². The van der Waals surface area contributed by atoms with Crippen LogP contribution in [0.15, 0.2) is 63.9 Å². The number of para-hydroxylation sites is 2. The van der Waals surface area contributed by atoms with Crippen molar-refractivity contribution in [3.63, 3.8) is 0 Å². The number of nitrogens with zero attached hydrogens (tertiary/aromatic N) is 1. The second-order valence-corrected chi connectivity index (χ2v) is 6.34. The number of hydrogen-bond donors (Lipinski definition) is 1. The Hall–Kier alpha value is -3.12. The fourth-order valence-electron chi connectivity index (χ4n) is 3.01. The number of aryl methyl sites for hydroxylation is 1. The van der Waals surface area contributed by atoms with Gasteiger partial charge in [-0.25, -0.2) is 4.79 Å². The van der Waals surface area contributed by atoms with E-state index in [2.05, 4.69) is 4.98 Å². The van der Waals surface area contributed by atoms with Crippen molar-refractivity contribution < 1.29 is 9.15 Å². The fourth-order valence-corrected chi connectivity index (χ4v) is 3.27. The molecule has 0 saturated carbocycles. The molecular formula is C20H16N2O3S. The lowest BCUT2D eigenvalue weighted by atomic mass is 10.1. The van der Waals surface area contributed by atoms with Crippen LogP contribution in [0.1, 0.15) is 5.56 Å². The van der Waals surface area contributed by atoms with Crippen molar-refractivity contribution >= 4 is 23.2 Å². The smallest absolute Gasteiger partial charge is 0.345 e. The van der Waals surface area contributed by atoms with Crippen molar-refractivity contribution in [2.45, 2.75) is 6.92 Å². The molecule has 4 aromatic rings. The largest absolute Gasteiger partial charge is 0.493 e. The van der Waals surface area contributed by atoms with Crippen LogP contribution in [0.25, 0.3) is 27.9 Å². The first-order valence-electron chi connectivity index (χ1n) is 8.07. The van der Waals surface area contributed by atoms with E-state index in [4.69, 9.17) is 21.4 Å². The van der Waals surface area contributed by atoms with Crippen molar-refractivity contribution in [1.29, 1.82) is 0 Å². The monoisotopic (exact) mass is 364 g/mol. The van der Waals surface area contributed by atoms with Crippen molar-refractivity contribution in [1.82, 2.24) is 9.55 Å². The molecule has 5 nitrogen and oxygen atoms in total. The predicted octanol–water partition coefficient (Wildman–Crippen LogP) is 4.63. The highest BCUT2D eigenvalue weighted by atomic mass is 32.1. The van der Waals surface area contributed by atoms with Crippen molar-refractivity contribution in [2.75, 3.05) is 7.11 Å². The average Bonchev–Trinajstić information content (AvgIpc) is 3.02. The lowest BCUT2D eigenvalue weighted by molar-refractivity contribution is 0.407. The molecule has 2 aromatic heterocycles. The third kappa shape index (κ3) is 2.64. The molecule has 130 valence electrons. The van der Waals surface area contributed by atoms with Gasteiger partial charge in [0.15, 0.2) is 16.1 Å². The molecule has 2 heterocycles. The van der Waals surface area contributed by atoms with Gasteiger partial charge in [0.05, 0.1) is 24.1 Å². The Morgan fingerprint density at radius 3 is 2.73 bits per heavy atom. The Morgan fingerprint density at radius 1 is 1.15 bits per heavy atom. The SMILES string of the molecule is COc1cccc2cc(-c3cn(-c4ccccc4C)c(=S)[nH]3)c(=O)oc12. The molecular weight excluding hydrogens is 348 g/mol. The van der Waals surface area contributed by atoms with E-state index >= 15 is 0 Å². The van der Waals surface area contributed by atoms with Crippen molar-refractivity contribution in [2.24, 2.45) is 0 Å². The van der Waals surface area contributed by atoms with Crippen molar-refractivity contribution in [3.05, 3.63) is 75.5 Å². The number of aromatic nitrogens is 2. The van der Waals surface area contributed by atoms with Crippen LogP contribution in [0.3, 0.4) is 0 Å². The summed E-state index contributed by atoms with van der Waals surface area (Å²) in [5.74, 6) is 0.525.